The second-order valence-electron chi connectivity index (χ2n) is 23.9. The number of hydrogen-bond acceptors (Lipinski definition) is 4. The van der Waals surface area contributed by atoms with Gasteiger partial charge in [-0.3, -0.25) is 0 Å². The number of benzene rings is 13. The number of anilines is 6. The lowest BCUT2D eigenvalue weighted by atomic mass is 9.33. The molecule has 0 N–H and O–H groups in total. The molecule has 5 heteroatoms. The van der Waals surface area contributed by atoms with E-state index in [0.29, 0.717) is 0 Å². The zero-order valence-corrected chi connectivity index (χ0v) is 50.9. The fraction of sp³-hybridized carbons (Fsp3) is 0. The minimum absolute atomic E-state index is 0.360. The van der Waals surface area contributed by atoms with Crippen LogP contribution in [0.5, 0.6) is 0 Å². The van der Waals surface area contributed by atoms with Crippen molar-refractivity contribution >= 4 is 57.2 Å². The molecule has 93 heavy (non-hydrogen) atoms. The quantitative estimate of drug-likeness (QED) is 0.114. The van der Waals surface area contributed by atoms with Gasteiger partial charge in [-0.15, -0.1) is 0 Å². The van der Waals surface area contributed by atoms with E-state index < -0.39 is 0 Å². The topological polar surface area (TPSA) is 32.3 Å². The van der Waals surface area contributed by atoms with Crippen molar-refractivity contribution in [1.82, 2.24) is 9.97 Å². The third kappa shape index (κ3) is 9.83. The van der Waals surface area contributed by atoms with E-state index in [1.54, 1.807) is 0 Å². The first-order valence-corrected chi connectivity index (χ1v) is 31.9. The third-order valence-corrected chi connectivity index (χ3v) is 18.5. The summed E-state index contributed by atoms with van der Waals surface area (Å²) in [5, 5.41) is 0. The molecule has 2 aliphatic rings. The maximum Gasteiger partial charge on any atom is 0.252 e. The van der Waals surface area contributed by atoms with Gasteiger partial charge in [0, 0.05) is 55.9 Å². The van der Waals surface area contributed by atoms with E-state index in [1.165, 1.54) is 10.9 Å². The highest BCUT2D eigenvalue weighted by Gasteiger charge is 2.48. The highest BCUT2D eigenvalue weighted by molar-refractivity contribution is 7.00. The lowest BCUT2D eigenvalue weighted by Crippen LogP contribution is -2.61. The van der Waals surface area contributed by atoms with Gasteiger partial charge in [-0.1, -0.05) is 315 Å². The highest BCUT2D eigenvalue weighted by Crippen LogP contribution is 2.57. The fourth-order valence-corrected chi connectivity index (χ4v) is 14.3. The van der Waals surface area contributed by atoms with Gasteiger partial charge in [-0.2, -0.15) is 0 Å². The summed E-state index contributed by atoms with van der Waals surface area (Å²) in [6, 6.07) is 130. The Bertz CT molecular complexity index is 4800. The zero-order valence-electron chi connectivity index (χ0n) is 50.9. The molecule has 0 saturated carbocycles. The summed E-state index contributed by atoms with van der Waals surface area (Å²) >= 11 is 0. The van der Waals surface area contributed by atoms with Gasteiger partial charge in [-0.05, 0) is 103 Å². The molecule has 0 aliphatic carbocycles. The summed E-state index contributed by atoms with van der Waals surface area (Å²) < 4.78 is 0. The van der Waals surface area contributed by atoms with E-state index in [9.17, 15) is 0 Å². The van der Waals surface area contributed by atoms with Crippen LogP contribution in [0.15, 0.2) is 358 Å². The summed E-state index contributed by atoms with van der Waals surface area (Å²) in [5.74, 6) is 0. The SMILES string of the molecule is c1ccc(-c2ccc3c(c2)B2c4cc(-c5ccccc5)ccc4N(c4c(-c5ccccc5)cccc4-c4ccccc4)c4c(-c5cccc(-c6ccccc6)n5)cc(-c5cccc(-c6ccccc6)n5)c(c42)N3c2c(-c3ccccc3)cccc2-c2ccccc2)cc1. The van der Waals surface area contributed by atoms with Gasteiger partial charge < -0.3 is 9.80 Å². The number of nitrogens with zero attached hydrogens (tertiary/aromatic N) is 4. The summed E-state index contributed by atoms with van der Waals surface area (Å²) in [4.78, 5) is 17.0. The number of rotatable bonds is 12. The van der Waals surface area contributed by atoms with Crippen molar-refractivity contribution in [2.75, 3.05) is 9.80 Å². The van der Waals surface area contributed by atoms with E-state index >= 15 is 0 Å². The van der Waals surface area contributed by atoms with E-state index in [1.807, 2.05) is 0 Å². The number of pyridine rings is 2. The molecular formula is C88H59BN4. The molecule has 4 heterocycles. The van der Waals surface area contributed by atoms with Gasteiger partial charge in [0.15, 0.2) is 0 Å². The van der Waals surface area contributed by atoms with Crippen molar-refractivity contribution in [1.29, 1.82) is 0 Å². The Hall–Kier alpha value is -12.2. The van der Waals surface area contributed by atoms with Gasteiger partial charge >= 0.3 is 0 Å². The van der Waals surface area contributed by atoms with Gasteiger partial charge in [0.05, 0.1) is 45.5 Å². The zero-order chi connectivity index (χ0) is 61.6. The smallest absolute Gasteiger partial charge is 0.252 e. The minimum atomic E-state index is -0.360. The normalized spacial score (nSPS) is 12.0. The van der Waals surface area contributed by atoms with Crippen LogP contribution in [0.4, 0.5) is 34.1 Å². The minimum Gasteiger partial charge on any atom is -0.310 e. The fourth-order valence-electron chi connectivity index (χ4n) is 14.3. The second-order valence-corrected chi connectivity index (χ2v) is 23.9. The number of hydrogen-bond donors (Lipinski definition) is 0. The Kier molecular flexibility index (Phi) is 14.0. The van der Waals surface area contributed by atoms with Crippen LogP contribution >= 0.6 is 0 Å². The van der Waals surface area contributed by atoms with Crippen molar-refractivity contribution in [3.63, 3.8) is 0 Å². The maximum absolute atomic E-state index is 5.84. The van der Waals surface area contributed by atoms with Crippen LogP contribution in [-0.4, -0.2) is 16.7 Å². The largest absolute Gasteiger partial charge is 0.310 e. The molecule has 0 bridgehead atoms. The Balaban J connectivity index is 1.11. The number of aromatic nitrogens is 2. The predicted molar refractivity (Wildman–Crippen MR) is 390 cm³/mol. The molecule has 0 spiro atoms. The Morgan fingerprint density at radius 1 is 0.194 bits per heavy atom. The standard InChI is InChI=1S/C88H59BN4/c1-9-29-60(30-10-1)68-53-55-82-76(57-68)89-77-58-69(61-31-11-2-12-32-61)54-56-83(77)93(86-72(64-37-17-5-18-38-64)47-26-48-73(86)65-39-19-6-20-40-65)88-75(81-52-28-50-79(91-81)67-43-23-8-24-44-67)59-74(80-51-27-49-78(90-80)66-41-21-7-22-42-66)87(84(88)89)92(82)85-70(62-33-13-3-14-34-62)45-25-46-71(85)63-35-15-4-16-36-63/h1-59H. The molecule has 13 aromatic carbocycles. The molecule has 17 rings (SSSR count). The van der Waals surface area contributed by atoms with Gasteiger partial charge in [0.1, 0.15) is 0 Å². The molecule has 0 saturated heterocycles. The van der Waals surface area contributed by atoms with Gasteiger partial charge in [-0.25, -0.2) is 9.97 Å². The van der Waals surface area contributed by atoms with Crippen LogP contribution in [0.3, 0.4) is 0 Å². The van der Waals surface area contributed by atoms with Crippen LogP contribution in [0.2, 0.25) is 0 Å². The maximum atomic E-state index is 5.84. The van der Waals surface area contributed by atoms with Crippen LogP contribution in [0.1, 0.15) is 0 Å². The van der Waals surface area contributed by atoms with E-state index in [4.69, 9.17) is 9.97 Å². The summed E-state index contributed by atoms with van der Waals surface area (Å²) in [6.07, 6.45) is 0. The monoisotopic (exact) mass is 1180 g/mol. The molecule has 0 fully saturated rings. The molecule has 0 unspecified atom stereocenters. The average Bonchev–Trinajstić information content (AvgIpc) is 0.684. The van der Waals surface area contributed by atoms with Crippen LogP contribution in [0, 0.1) is 0 Å². The molecule has 0 amide bonds. The molecule has 0 atom stereocenters. The average molecular weight is 1180 g/mol. The molecule has 4 nitrogen and oxygen atoms in total. The first kappa shape index (κ1) is 54.9. The molecule has 2 aromatic heterocycles. The highest BCUT2D eigenvalue weighted by atomic mass is 15.2. The second kappa shape index (κ2) is 23.6. The van der Waals surface area contributed by atoms with E-state index in [-0.39, 0.29) is 6.71 Å². The Morgan fingerprint density at radius 2 is 0.473 bits per heavy atom. The van der Waals surface area contributed by atoms with Crippen molar-refractivity contribution in [2.45, 2.75) is 0 Å². The van der Waals surface area contributed by atoms with Crippen LogP contribution in [0.25, 0.3) is 112 Å². The van der Waals surface area contributed by atoms with Gasteiger partial charge in [0.2, 0.25) is 0 Å². The van der Waals surface area contributed by atoms with Gasteiger partial charge in [0.25, 0.3) is 6.71 Å². The third-order valence-electron chi connectivity index (χ3n) is 18.5. The van der Waals surface area contributed by atoms with E-state index in [0.717, 1.165) is 151 Å². The van der Waals surface area contributed by atoms with E-state index in [2.05, 4.69) is 368 Å². The molecule has 0 radical (unpaired) electrons. The first-order chi connectivity index (χ1) is 46.2. The predicted octanol–water partition coefficient (Wildman–Crippen LogP) is 21.2. The van der Waals surface area contributed by atoms with Crippen molar-refractivity contribution < 1.29 is 0 Å². The van der Waals surface area contributed by atoms with Crippen LogP contribution < -0.4 is 26.2 Å². The van der Waals surface area contributed by atoms with Crippen molar-refractivity contribution in [3.8, 4) is 112 Å². The summed E-state index contributed by atoms with van der Waals surface area (Å²) in [7, 11) is 0. The summed E-state index contributed by atoms with van der Waals surface area (Å²) in [6.45, 7) is -0.360. The molecular weight excluding hydrogens is 1120 g/mol. The molecule has 2 aliphatic heterocycles. The summed E-state index contributed by atoms with van der Waals surface area (Å²) in [5.41, 5.74) is 30.7. The van der Waals surface area contributed by atoms with Crippen molar-refractivity contribution in [2.24, 2.45) is 0 Å². The first-order valence-electron chi connectivity index (χ1n) is 31.9. The number of fused-ring (bicyclic) bond motifs is 4. The lowest BCUT2D eigenvalue weighted by molar-refractivity contribution is 1.23. The van der Waals surface area contributed by atoms with Crippen LogP contribution in [-0.2, 0) is 0 Å². The molecule has 434 valence electrons. The Morgan fingerprint density at radius 3 is 0.796 bits per heavy atom. The lowest BCUT2D eigenvalue weighted by Gasteiger charge is -2.47. The Labute approximate surface area is 543 Å². The van der Waals surface area contributed by atoms with Crippen molar-refractivity contribution in [3.05, 3.63) is 358 Å². The molecule has 15 aromatic rings. The number of para-hydroxylation sites is 2.